The monoisotopic (exact) mass is 237 g/mol. The van der Waals surface area contributed by atoms with Gasteiger partial charge in [0.2, 0.25) is 0 Å². The van der Waals surface area contributed by atoms with Crippen molar-refractivity contribution in [1.29, 1.82) is 5.41 Å². The van der Waals surface area contributed by atoms with Gasteiger partial charge in [-0.25, -0.2) is 0 Å². The highest BCUT2D eigenvalue weighted by Gasteiger charge is 2.16. The molecule has 1 rings (SSSR count). The van der Waals surface area contributed by atoms with Gasteiger partial charge in [-0.05, 0) is 26.2 Å². The second-order valence-electron chi connectivity index (χ2n) is 3.26. The summed E-state index contributed by atoms with van der Waals surface area (Å²) in [6, 6.07) is 2.08. The summed E-state index contributed by atoms with van der Waals surface area (Å²) in [5.41, 5.74) is 2.92. The van der Waals surface area contributed by atoms with E-state index in [-0.39, 0.29) is 0 Å². The summed E-state index contributed by atoms with van der Waals surface area (Å²) in [7, 11) is 0. The molecule has 0 saturated heterocycles. The Morgan fingerprint density at radius 1 is 1.40 bits per heavy atom. The molecule has 0 unspecified atom stereocenters. The van der Waals surface area contributed by atoms with Crippen molar-refractivity contribution in [3.63, 3.8) is 0 Å². The number of pyridine rings is 1. The molecule has 0 fully saturated rings. The number of hydrogen-bond acceptors (Lipinski definition) is 3. The van der Waals surface area contributed by atoms with Gasteiger partial charge in [-0.3, -0.25) is 5.41 Å². The van der Waals surface area contributed by atoms with Crippen molar-refractivity contribution in [2.24, 2.45) is 0 Å². The van der Waals surface area contributed by atoms with Crippen LogP contribution in [0.2, 0.25) is 0 Å². The average Bonchev–Trinajstić information content (AvgIpc) is 2.17. The molecule has 78 valence electrons. The van der Waals surface area contributed by atoms with E-state index in [1.54, 1.807) is 0 Å². The Morgan fingerprint density at radius 2 is 1.93 bits per heavy atom. The van der Waals surface area contributed by atoms with E-state index in [2.05, 4.69) is 11.9 Å². The van der Waals surface area contributed by atoms with E-state index < -0.39 is 0 Å². The van der Waals surface area contributed by atoms with Crippen LogP contribution in [0.3, 0.4) is 0 Å². The molecule has 0 saturated carbocycles. The Kier molecular flexibility index (Phi) is 4.21. The molecule has 0 aliphatic rings. The van der Waals surface area contributed by atoms with E-state index in [9.17, 15) is 0 Å². The number of hydrogen-bond donors (Lipinski definition) is 1. The third-order valence-corrected chi connectivity index (χ3v) is 3.15. The van der Waals surface area contributed by atoms with Crippen molar-refractivity contribution in [3.05, 3.63) is 29.6 Å². The third kappa shape index (κ3) is 2.99. The van der Waals surface area contributed by atoms with E-state index in [1.165, 1.54) is 11.8 Å². The molecule has 1 aromatic heterocycles. The van der Waals surface area contributed by atoms with Crippen LogP contribution in [0.4, 0.5) is 0 Å². The molecule has 0 aliphatic heterocycles. The first kappa shape index (κ1) is 12.1. The number of nitrogens with zero attached hydrogens (tertiary/aromatic N) is 1. The van der Waals surface area contributed by atoms with Crippen LogP contribution in [0.5, 0.6) is 0 Å². The lowest BCUT2D eigenvalue weighted by Gasteiger charge is -2.00. The number of thioether (sulfide) groups is 1. The molecule has 0 atom stereocenters. The molecule has 0 aromatic carbocycles. The third-order valence-electron chi connectivity index (χ3n) is 1.90. The van der Waals surface area contributed by atoms with Gasteiger partial charge in [-0.2, -0.15) is 4.57 Å². The van der Waals surface area contributed by atoms with Crippen molar-refractivity contribution in [1.82, 2.24) is 0 Å². The average molecular weight is 237 g/mol. The maximum Gasteiger partial charge on any atom is 0.297 e. The fourth-order valence-electron chi connectivity index (χ4n) is 1.36. The van der Waals surface area contributed by atoms with Gasteiger partial charge in [-0.1, -0.05) is 12.2 Å². The molecular weight excluding hydrogens is 224 g/mol. The molecule has 2 nitrogen and oxygen atoms in total. The lowest BCUT2D eigenvalue weighted by atomic mass is 10.2. The molecule has 4 heteroatoms. The highest BCUT2D eigenvalue weighted by atomic mass is 32.2. The number of aryl methyl sites for hydroxylation is 2. The number of nitrogens with one attached hydrogen (secondary N) is 1. The Labute approximate surface area is 99.5 Å². The van der Waals surface area contributed by atoms with Crippen LogP contribution in [-0.4, -0.2) is 16.3 Å². The Hall–Kier alpha value is -0.960. The Balaban J connectivity index is 3.25. The van der Waals surface area contributed by atoms with Crippen LogP contribution in [-0.2, 0) is 0 Å². The number of rotatable bonds is 2. The van der Waals surface area contributed by atoms with E-state index in [1.807, 2.05) is 37.1 Å². The first-order valence-corrected chi connectivity index (χ1v) is 6.09. The van der Waals surface area contributed by atoms with E-state index in [0.717, 1.165) is 11.1 Å². The second kappa shape index (κ2) is 5.21. The molecular formula is C11H13N2S2+. The van der Waals surface area contributed by atoms with Gasteiger partial charge in [0.25, 0.3) is 5.70 Å². The smallest absolute Gasteiger partial charge is 0.253 e. The largest absolute Gasteiger partial charge is 0.297 e. The first-order valence-electron chi connectivity index (χ1n) is 4.46. The number of thiocarbonyl (C=S) groups is 1. The Bertz CT molecular complexity index is 426. The van der Waals surface area contributed by atoms with Gasteiger partial charge in [-0.15, -0.1) is 11.8 Å². The molecule has 15 heavy (non-hydrogen) atoms. The maximum atomic E-state index is 7.26. The van der Waals surface area contributed by atoms with Crippen molar-refractivity contribution in [3.8, 4) is 0 Å². The van der Waals surface area contributed by atoms with Crippen molar-refractivity contribution >= 4 is 39.7 Å². The van der Waals surface area contributed by atoms with Crippen LogP contribution >= 0.6 is 24.0 Å². The summed E-state index contributed by atoms with van der Waals surface area (Å²) in [5, 5.41) is 7.26. The van der Waals surface area contributed by atoms with Crippen LogP contribution < -0.4 is 4.57 Å². The lowest BCUT2D eigenvalue weighted by Crippen LogP contribution is -2.35. The molecule has 0 aliphatic carbocycles. The van der Waals surface area contributed by atoms with Crippen LogP contribution in [0.1, 0.15) is 11.1 Å². The van der Waals surface area contributed by atoms with Crippen molar-refractivity contribution in [2.45, 2.75) is 13.8 Å². The predicted molar refractivity (Wildman–Crippen MR) is 69.7 cm³/mol. The van der Waals surface area contributed by atoms with Gasteiger partial charge in [0.05, 0.1) is 5.87 Å². The SMILES string of the molecule is CSC(=S)C(=C=N)[n+]1cc(C)cc(C)c1. The van der Waals surface area contributed by atoms with Gasteiger partial charge < -0.3 is 0 Å². The van der Waals surface area contributed by atoms with E-state index in [4.69, 9.17) is 17.6 Å². The summed E-state index contributed by atoms with van der Waals surface area (Å²) in [6.45, 7) is 4.04. The summed E-state index contributed by atoms with van der Waals surface area (Å²) in [5.74, 6) is 2.39. The molecule has 0 bridgehead atoms. The zero-order valence-electron chi connectivity index (χ0n) is 9.00. The Morgan fingerprint density at radius 3 is 2.33 bits per heavy atom. The molecule has 0 radical (unpaired) electrons. The fraction of sp³-hybridized carbons (Fsp3) is 0.273. The van der Waals surface area contributed by atoms with Crippen LogP contribution in [0.15, 0.2) is 18.5 Å². The normalized spacial score (nSPS) is 9.53. The molecule has 1 heterocycles. The van der Waals surface area contributed by atoms with E-state index >= 15 is 0 Å². The summed E-state index contributed by atoms with van der Waals surface area (Å²) < 4.78 is 2.54. The van der Waals surface area contributed by atoms with Crippen LogP contribution in [0.25, 0.3) is 5.70 Å². The highest BCUT2D eigenvalue weighted by Crippen LogP contribution is 2.08. The van der Waals surface area contributed by atoms with Crippen molar-refractivity contribution < 1.29 is 4.57 Å². The van der Waals surface area contributed by atoms with Gasteiger partial charge in [0.1, 0.15) is 0 Å². The summed E-state index contributed by atoms with van der Waals surface area (Å²) in [4.78, 5) is 0. The molecule has 0 amide bonds. The molecule has 1 aromatic rings. The fourth-order valence-corrected chi connectivity index (χ4v) is 1.86. The zero-order chi connectivity index (χ0) is 11.4. The minimum absolute atomic E-state index is 0.629. The summed E-state index contributed by atoms with van der Waals surface area (Å²) >= 11 is 6.62. The van der Waals surface area contributed by atoms with Gasteiger partial charge in [0, 0.05) is 11.1 Å². The first-order chi connectivity index (χ1) is 7.08. The van der Waals surface area contributed by atoms with Gasteiger partial charge >= 0.3 is 0 Å². The lowest BCUT2D eigenvalue weighted by molar-refractivity contribution is -0.574. The minimum atomic E-state index is 0.629. The second-order valence-corrected chi connectivity index (χ2v) is 4.75. The minimum Gasteiger partial charge on any atom is -0.253 e. The topological polar surface area (TPSA) is 27.7 Å². The molecule has 1 N–H and O–H groups in total. The molecule has 0 spiro atoms. The van der Waals surface area contributed by atoms with Crippen molar-refractivity contribution in [2.75, 3.05) is 6.26 Å². The standard InChI is InChI=1S/C11H13N2S2/c1-8-4-9(2)7-13(6-8)10(5-12)11(14)15-3/h4,6-7,12H,1-3H3/q+1. The quantitative estimate of drug-likeness (QED) is 0.370. The van der Waals surface area contributed by atoms with Crippen LogP contribution in [0, 0.1) is 19.3 Å². The van der Waals surface area contributed by atoms with E-state index in [0.29, 0.717) is 9.89 Å². The zero-order valence-corrected chi connectivity index (χ0v) is 10.6. The number of aromatic nitrogens is 1. The highest BCUT2D eigenvalue weighted by molar-refractivity contribution is 8.23. The van der Waals surface area contributed by atoms with Gasteiger partial charge in [0.15, 0.2) is 16.6 Å². The predicted octanol–water partition coefficient (Wildman–Crippen LogP) is 2.37. The maximum absolute atomic E-state index is 7.26. The summed E-state index contributed by atoms with van der Waals surface area (Å²) in [6.07, 6.45) is 5.81.